The van der Waals surface area contributed by atoms with Crippen molar-refractivity contribution in [1.82, 2.24) is 4.98 Å². The van der Waals surface area contributed by atoms with Crippen LogP contribution >= 0.6 is 0 Å². The highest BCUT2D eigenvalue weighted by Gasteiger charge is 2.09. The molecule has 0 spiro atoms. The first-order valence-electron chi connectivity index (χ1n) is 6.77. The van der Waals surface area contributed by atoms with Gasteiger partial charge in [-0.2, -0.15) is 5.10 Å². The number of hydrogen-bond acceptors (Lipinski definition) is 6. The Hall–Kier alpha value is -3.48. The zero-order chi connectivity index (χ0) is 16.1. The quantitative estimate of drug-likeness (QED) is 0.440. The van der Waals surface area contributed by atoms with Gasteiger partial charge in [0.1, 0.15) is 17.3 Å². The lowest BCUT2D eigenvalue weighted by Crippen LogP contribution is -1.91. The van der Waals surface area contributed by atoms with Crippen molar-refractivity contribution in [2.24, 2.45) is 5.10 Å². The van der Waals surface area contributed by atoms with E-state index >= 15 is 0 Å². The van der Waals surface area contributed by atoms with E-state index in [-0.39, 0.29) is 5.69 Å². The summed E-state index contributed by atoms with van der Waals surface area (Å²) in [5.74, 6) is 1.68. The first kappa shape index (κ1) is 14.5. The number of non-ortho nitro benzene ring substituents is 1. The maximum absolute atomic E-state index is 10.8. The summed E-state index contributed by atoms with van der Waals surface area (Å²) in [6.07, 6.45) is 3.17. The molecule has 1 N–H and O–H groups in total. The fraction of sp³-hybridized carbons (Fsp3) is 0. The number of hydrogen-bond donors (Lipinski definition) is 1. The van der Waals surface area contributed by atoms with E-state index in [0.717, 1.165) is 0 Å². The maximum Gasteiger partial charge on any atom is 0.270 e. The summed E-state index contributed by atoms with van der Waals surface area (Å²) >= 11 is 0. The topological polar surface area (TPSA) is 93.6 Å². The van der Waals surface area contributed by atoms with Gasteiger partial charge in [-0.3, -0.25) is 15.5 Å². The molecule has 7 nitrogen and oxygen atoms in total. The summed E-state index contributed by atoms with van der Waals surface area (Å²) in [4.78, 5) is 14.4. The van der Waals surface area contributed by atoms with E-state index < -0.39 is 4.92 Å². The average molecular weight is 308 g/mol. The number of pyridine rings is 1. The number of nitrogens with zero attached hydrogens (tertiary/aromatic N) is 3. The predicted octanol–water partition coefficient (Wildman–Crippen LogP) is 3.70. The van der Waals surface area contributed by atoms with Crippen LogP contribution in [0.15, 0.2) is 70.3 Å². The number of nitro benzene ring substituents is 1. The van der Waals surface area contributed by atoms with Crippen molar-refractivity contribution in [3.8, 4) is 11.3 Å². The van der Waals surface area contributed by atoms with Gasteiger partial charge in [-0.15, -0.1) is 0 Å². The standard InChI is InChI=1S/C16H12N4O3/c21-20(22)13-5-3-4-12(10-13)15-8-7-14(23-15)11-18-19-16-6-1-2-9-17-16/h1-11H,(H,17,19). The predicted molar refractivity (Wildman–Crippen MR) is 86.3 cm³/mol. The average Bonchev–Trinajstić information content (AvgIpc) is 3.05. The lowest BCUT2D eigenvalue weighted by Gasteiger charge is -1.97. The van der Waals surface area contributed by atoms with Crippen molar-refractivity contribution >= 4 is 17.7 Å². The Labute approximate surface area is 131 Å². The minimum Gasteiger partial charge on any atom is -0.455 e. The van der Waals surface area contributed by atoms with Crippen LogP contribution in [-0.2, 0) is 0 Å². The first-order chi connectivity index (χ1) is 11.2. The summed E-state index contributed by atoms with van der Waals surface area (Å²) in [5.41, 5.74) is 3.43. The molecule has 0 radical (unpaired) electrons. The zero-order valence-electron chi connectivity index (χ0n) is 11.9. The van der Waals surface area contributed by atoms with E-state index in [1.54, 1.807) is 36.5 Å². The summed E-state index contributed by atoms with van der Waals surface area (Å²) in [5, 5.41) is 14.8. The molecule has 1 aromatic carbocycles. The van der Waals surface area contributed by atoms with Crippen LogP contribution in [0.25, 0.3) is 11.3 Å². The molecule has 2 aromatic heterocycles. The molecule has 0 aliphatic rings. The molecule has 0 unspecified atom stereocenters. The van der Waals surface area contributed by atoms with Crippen LogP contribution in [0.2, 0.25) is 0 Å². The van der Waals surface area contributed by atoms with Crippen LogP contribution in [0.1, 0.15) is 5.76 Å². The molecule has 0 fully saturated rings. The Kier molecular flexibility index (Phi) is 4.10. The first-order valence-corrected chi connectivity index (χ1v) is 6.77. The second-order valence-electron chi connectivity index (χ2n) is 4.59. The van der Waals surface area contributed by atoms with E-state index in [9.17, 15) is 10.1 Å². The fourth-order valence-electron chi connectivity index (χ4n) is 1.94. The molecule has 0 aliphatic heterocycles. The van der Waals surface area contributed by atoms with Crippen LogP contribution in [0.3, 0.4) is 0 Å². The molecule has 0 saturated heterocycles. The van der Waals surface area contributed by atoms with Crippen molar-refractivity contribution in [3.05, 3.63) is 76.7 Å². The highest BCUT2D eigenvalue weighted by molar-refractivity contribution is 5.78. The number of benzene rings is 1. The molecular weight excluding hydrogens is 296 g/mol. The molecule has 0 bridgehead atoms. The third-order valence-corrected chi connectivity index (χ3v) is 3.00. The highest BCUT2D eigenvalue weighted by atomic mass is 16.6. The molecule has 0 amide bonds. The van der Waals surface area contributed by atoms with Crippen molar-refractivity contribution in [2.45, 2.75) is 0 Å². The van der Waals surface area contributed by atoms with Gasteiger partial charge >= 0.3 is 0 Å². The normalized spacial score (nSPS) is 10.8. The molecule has 0 aliphatic carbocycles. The third-order valence-electron chi connectivity index (χ3n) is 3.00. The van der Waals surface area contributed by atoms with Crippen molar-refractivity contribution in [2.75, 3.05) is 5.43 Å². The molecule has 2 heterocycles. The van der Waals surface area contributed by atoms with Crippen molar-refractivity contribution < 1.29 is 9.34 Å². The van der Waals surface area contributed by atoms with E-state index in [2.05, 4.69) is 15.5 Å². The number of rotatable bonds is 5. The van der Waals surface area contributed by atoms with Gasteiger partial charge in [0.25, 0.3) is 5.69 Å². The third kappa shape index (κ3) is 3.59. The van der Waals surface area contributed by atoms with Gasteiger partial charge in [0.15, 0.2) is 0 Å². The van der Waals surface area contributed by atoms with Crippen LogP contribution in [0.5, 0.6) is 0 Å². The number of furan rings is 1. The summed E-state index contributed by atoms with van der Waals surface area (Å²) in [7, 11) is 0. The summed E-state index contributed by atoms with van der Waals surface area (Å²) in [6.45, 7) is 0. The molecule has 3 rings (SSSR count). The Morgan fingerprint density at radius 1 is 1.17 bits per heavy atom. The van der Waals surface area contributed by atoms with Gasteiger partial charge in [-0.25, -0.2) is 4.98 Å². The second kappa shape index (κ2) is 6.52. The van der Waals surface area contributed by atoms with Gasteiger partial charge in [-0.1, -0.05) is 18.2 Å². The zero-order valence-corrected chi connectivity index (χ0v) is 11.9. The number of anilines is 1. The molecule has 0 saturated carbocycles. The van der Waals surface area contributed by atoms with Crippen LogP contribution in [0.4, 0.5) is 11.5 Å². The van der Waals surface area contributed by atoms with E-state index in [0.29, 0.717) is 22.9 Å². The Bertz CT molecular complexity index is 843. The Balaban J connectivity index is 1.73. The minimum absolute atomic E-state index is 0.0194. The van der Waals surface area contributed by atoms with Crippen molar-refractivity contribution in [3.63, 3.8) is 0 Å². The summed E-state index contributed by atoms with van der Waals surface area (Å²) in [6, 6.07) is 15.2. The van der Waals surface area contributed by atoms with Crippen LogP contribution in [-0.4, -0.2) is 16.1 Å². The van der Waals surface area contributed by atoms with Crippen LogP contribution < -0.4 is 5.43 Å². The number of hydrazone groups is 1. The van der Waals surface area contributed by atoms with Crippen LogP contribution in [0, 0.1) is 10.1 Å². The van der Waals surface area contributed by atoms with E-state index in [1.807, 2.05) is 12.1 Å². The van der Waals surface area contributed by atoms with Gasteiger partial charge in [-0.05, 0) is 24.3 Å². The molecule has 23 heavy (non-hydrogen) atoms. The SMILES string of the molecule is O=[N+]([O-])c1cccc(-c2ccc(C=NNc3ccccn3)o2)c1. The highest BCUT2D eigenvalue weighted by Crippen LogP contribution is 2.25. The maximum atomic E-state index is 10.8. The second-order valence-corrected chi connectivity index (χ2v) is 4.59. The lowest BCUT2D eigenvalue weighted by molar-refractivity contribution is -0.384. The molecule has 0 atom stereocenters. The monoisotopic (exact) mass is 308 g/mol. The van der Waals surface area contributed by atoms with E-state index in [4.69, 9.17) is 4.42 Å². The van der Waals surface area contributed by atoms with E-state index in [1.165, 1.54) is 18.3 Å². The fourth-order valence-corrected chi connectivity index (χ4v) is 1.94. The molecule has 3 aromatic rings. The summed E-state index contributed by atoms with van der Waals surface area (Å²) < 4.78 is 5.61. The van der Waals surface area contributed by atoms with Crippen molar-refractivity contribution in [1.29, 1.82) is 0 Å². The van der Waals surface area contributed by atoms with Gasteiger partial charge < -0.3 is 4.42 Å². The molecule has 114 valence electrons. The number of nitro groups is 1. The lowest BCUT2D eigenvalue weighted by atomic mass is 10.1. The van der Waals surface area contributed by atoms with Gasteiger partial charge in [0.05, 0.1) is 11.1 Å². The number of nitrogens with one attached hydrogen (secondary N) is 1. The molecular formula is C16H12N4O3. The molecule has 7 heteroatoms. The Morgan fingerprint density at radius 3 is 2.87 bits per heavy atom. The Morgan fingerprint density at radius 2 is 2.09 bits per heavy atom. The smallest absolute Gasteiger partial charge is 0.270 e. The minimum atomic E-state index is -0.439. The van der Waals surface area contributed by atoms with Gasteiger partial charge in [0, 0.05) is 23.9 Å². The largest absolute Gasteiger partial charge is 0.455 e. The van der Waals surface area contributed by atoms with Gasteiger partial charge in [0.2, 0.25) is 0 Å². The number of aromatic nitrogens is 1.